The van der Waals surface area contributed by atoms with E-state index in [9.17, 15) is 14.9 Å². The minimum atomic E-state index is -1.58. The molecule has 7 heteroatoms. The molecule has 0 amide bonds. The maximum Gasteiger partial charge on any atom is 0.314 e. The fourth-order valence-electron chi connectivity index (χ4n) is 1.11. The minimum absolute atomic E-state index is 0.316. The summed E-state index contributed by atoms with van der Waals surface area (Å²) in [6.07, 6.45) is 3.14. The van der Waals surface area contributed by atoms with E-state index in [0.717, 1.165) is 18.2 Å². The van der Waals surface area contributed by atoms with Crippen molar-refractivity contribution in [3.63, 3.8) is 0 Å². The van der Waals surface area contributed by atoms with Crippen LogP contribution >= 0.6 is 0 Å². The number of rotatable bonds is 2. The first-order valence-electron chi connectivity index (χ1n) is 3.70. The Morgan fingerprint density at radius 1 is 1.64 bits per heavy atom. The second-order valence-corrected chi connectivity index (χ2v) is 3.00. The highest BCUT2D eigenvalue weighted by Crippen LogP contribution is 2.21. The number of allylic oxidation sites excluding steroid dienone is 1. The van der Waals surface area contributed by atoms with E-state index in [4.69, 9.17) is 16.6 Å². The molecular formula is C7H9N3O4. The first-order chi connectivity index (χ1) is 6.34. The maximum atomic E-state index is 10.7. The highest BCUT2D eigenvalue weighted by Gasteiger charge is 2.37. The van der Waals surface area contributed by atoms with Crippen LogP contribution in [0.3, 0.4) is 0 Å². The smallest absolute Gasteiger partial charge is 0.314 e. The van der Waals surface area contributed by atoms with Gasteiger partial charge in [0.15, 0.2) is 0 Å². The Kier molecular flexibility index (Phi) is 2.37. The summed E-state index contributed by atoms with van der Waals surface area (Å²) >= 11 is 0. The second kappa shape index (κ2) is 3.20. The monoisotopic (exact) mass is 199 g/mol. The van der Waals surface area contributed by atoms with Crippen LogP contribution in [0.15, 0.2) is 23.9 Å². The van der Waals surface area contributed by atoms with Crippen molar-refractivity contribution < 1.29 is 14.8 Å². The Hall–Kier alpha value is -1.73. The Morgan fingerprint density at radius 3 is 2.64 bits per heavy atom. The fourth-order valence-corrected chi connectivity index (χ4v) is 1.11. The first-order valence-corrected chi connectivity index (χ1v) is 3.70. The van der Waals surface area contributed by atoms with Gasteiger partial charge < -0.3 is 16.6 Å². The van der Waals surface area contributed by atoms with Crippen LogP contribution in [0.5, 0.6) is 0 Å². The first kappa shape index (κ1) is 10.4. The van der Waals surface area contributed by atoms with Crippen LogP contribution in [0.4, 0.5) is 0 Å². The molecule has 76 valence electrons. The number of nitro groups is 1. The number of hydrogen-bond donors (Lipinski definition) is 3. The standard InChI is InChI=1S/C7H9N3O4/c8-7(9)2-1-4(10(13)14)3-5(7)6(11)12/h1-3,5H,8-9H2,(H,11,12). The van der Waals surface area contributed by atoms with Gasteiger partial charge in [-0.25, -0.2) is 0 Å². The average molecular weight is 199 g/mol. The summed E-state index contributed by atoms with van der Waals surface area (Å²) in [6.45, 7) is 0. The Bertz CT molecular complexity index is 345. The third kappa shape index (κ3) is 1.78. The third-order valence-electron chi connectivity index (χ3n) is 1.90. The number of aliphatic carboxylic acids is 1. The molecule has 0 aromatic rings. The molecule has 0 aliphatic heterocycles. The van der Waals surface area contributed by atoms with E-state index in [1.807, 2.05) is 0 Å². The molecule has 0 heterocycles. The molecule has 1 aliphatic carbocycles. The van der Waals surface area contributed by atoms with Crippen LogP contribution in [0.1, 0.15) is 0 Å². The maximum absolute atomic E-state index is 10.7. The number of hydrogen-bond acceptors (Lipinski definition) is 5. The average Bonchev–Trinajstić information content (AvgIpc) is 2.02. The van der Waals surface area contributed by atoms with Crippen molar-refractivity contribution in [2.75, 3.05) is 0 Å². The molecule has 0 fully saturated rings. The van der Waals surface area contributed by atoms with Crippen molar-refractivity contribution in [2.45, 2.75) is 5.66 Å². The van der Waals surface area contributed by atoms with Crippen molar-refractivity contribution in [1.29, 1.82) is 0 Å². The number of nitrogens with zero attached hydrogens (tertiary/aromatic N) is 1. The van der Waals surface area contributed by atoms with Gasteiger partial charge in [0, 0.05) is 12.2 Å². The van der Waals surface area contributed by atoms with Gasteiger partial charge in [0.25, 0.3) is 5.70 Å². The van der Waals surface area contributed by atoms with Gasteiger partial charge in [0.05, 0.1) is 4.92 Å². The van der Waals surface area contributed by atoms with Crippen LogP contribution in [-0.2, 0) is 4.79 Å². The second-order valence-electron chi connectivity index (χ2n) is 3.00. The van der Waals surface area contributed by atoms with Gasteiger partial charge in [-0.3, -0.25) is 14.9 Å². The zero-order valence-electron chi connectivity index (χ0n) is 7.08. The molecule has 0 bridgehead atoms. The number of carboxylic acid groups (broad SMARTS) is 1. The van der Waals surface area contributed by atoms with E-state index < -0.39 is 22.5 Å². The van der Waals surface area contributed by atoms with E-state index in [2.05, 4.69) is 0 Å². The van der Waals surface area contributed by atoms with Gasteiger partial charge in [0.2, 0.25) is 0 Å². The van der Waals surface area contributed by atoms with Gasteiger partial charge in [-0.2, -0.15) is 0 Å². The molecule has 0 spiro atoms. The predicted octanol–water partition coefficient (Wildman–Crippen LogP) is -0.969. The molecule has 0 aromatic heterocycles. The lowest BCUT2D eigenvalue weighted by molar-refractivity contribution is -0.419. The summed E-state index contributed by atoms with van der Waals surface area (Å²) < 4.78 is 0. The molecule has 1 unspecified atom stereocenters. The van der Waals surface area contributed by atoms with Crippen LogP contribution in [0.25, 0.3) is 0 Å². The van der Waals surface area contributed by atoms with E-state index in [0.29, 0.717) is 0 Å². The Morgan fingerprint density at radius 2 is 2.21 bits per heavy atom. The largest absolute Gasteiger partial charge is 0.481 e. The highest BCUT2D eigenvalue weighted by atomic mass is 16.6. The molecular weight excluding hydrogens is 190 g/mol. The summed E-state index contributed by atoms with van der Waals surface area (Å²) in [5.41, 5.74) is 8.96. The van der Waals surface area contributed by atoms with Crippen molar-refractivity contribution >= 4 is 5.97 Å². The molecule has 0 saturated carbocycles. The molecule has 1 rings (SSSR count). The zero-order valence-corrected chi connectivity index (χ0v) is 7.08. The summed E-state index contributed by atoms with van der Waals surface area (Å²) in [4.78, 5) is 20.3. The van der Waals surface area contributed by atoms with E-state index in [-0.39, 0.29) is 5.70 Å². The van der Waals surface area contributed by atoms with Crippen molar-refractivity contribution in [2.24, 2.45) is 17.4 Å². The van der Waals surface area contributed by atoms with Gasteiger partial charge >= 0.3 is 5.97 Å². The van der Waals surface area contributed by atoms with Crippen LogP contribution in [0, 0.1) is 16.0 Å². The van der Waals surface area contributed by atoms with E-state index in [1.165, 1.54) is 0 Å². The molecule has 1 atom stereocenters. The molecule has 0 saturated heterocycles. The van der Waals surface area contributed by atoms with Crippen molar-refractivity contribution in [1.82, 2.24) is 0 Å². The van der Waals surface area contributed by atoms with Crippen molar-refractivity contribution in [3.8, 4) is 0 Å². The van der Waals surface area contributed by atoms with Crippen LogP contribution in [0.2, 0.25) is 0 Å². The van der Waals surface area contributed by atoms with Gasteiger partial charge in [-0.1, -0.05) is 0 Å². The predicted molar refractivity (Wildman–Crippen MR) is 46.4 cm³/mol. The molecule has 5 N–H and O–H groups in total. The normalized spacial score (nSPS) is 24.1. The van der Waals surface area contributed by atoms with Gasteiger partial charge in [0.1, 0.15) is 11.6 Å². The third-order valence-corrected chi connectivity index (χ3v) is 1.90. The zero-order chi connectivity index (χ0) is 10.9. The van der Waals surface area contributed by atoms with Crippen LogP contribution in [-0.4, -0.2) is 21.7 Å². The van der Waals surface area contributed by atoms with E-state index in [1.54, 1.807) is 0 Å². The quantitative estimate of drug-likeness (QED) is 0.298. The molecule has 1 aliphatic rings. The van der Waals surface area contributed by atoms with Gasteiger partial charge in [-0.15, -0.1) is 0 Å². The summed E-state index contributed by atoms with van der Waals surface area (Å²) in [6, 6.07) is 0. The minimum Gasteiger partial charge on any atom is -0.481 e. The Balaban J connectivity index is 3.07. The molecule has 7 nitrogen and oxygen atoms in total. The summed E-state index contributed by atoms with van der Waals surface area (Å²) in [5.74, 6) is -2.58. The van der Waals surface area contributed by atoms with Crippen molar-refractivity contribution in [3.05, 3.63) is 34.0 Å². The topological polar surface area (TPSA) is 132 Å². The SMILES string of the molecule is NC1(N)C=CC([N+](=O)[O-])=CC1C(=O)O. The number of carboxylic acids is 1. The lowest BCUT2D eigenvalue weighted by Gasteiger charge is -2.27. The fraction of sp³-hybridized carbons (Fsp3) is 0.286. The number of nitrogens with two attached hydrogens (primary N) is 2. The van der Waals surface area contributed by atoms with E-state index >= 15 is 0 Å². The molecule has 0 aromatic carbocycles. The number of carbonyl (C=O) groups is 1. The Labute approximate surface area is 78.8 Å². The lowest BCUT2D eigenvalue weighted by Crippen LogP contribution is -2.57. The highest BCUT2D eigenvalue weighted by molar-refractivity contribution is 5.75. The van der Waals surface area contributed by atoms with Gasteiger partial charge in [-0.05, 0) is 6.08 Å². The summed E-state index contributed by atoms with van der Waals surface area (Å²) in [5, 5.41) is 19.1. The molecule has 14 heavy (non-hydrogen) atoms. The molecule has 0 radical (unpaired) electrons. The lowest BCUT2D eigenvalue weighted by atomic mass is 9.89. The summed E-state index contributed by atoms with van der Waals surface area (Å²) in [7, 11) is 0. The van der Waals surface area contributed by atoms with Crippen LogP contribution < -0.4 is 11.5 Å².